The van der Waals surface area contributed by atoms with Crippen LogP contribution in [0.15, 0.2) is 42.0 Å². The minimum absolute atomic E-state index is 0.0117. The lowest BCUT2D eigenvalue weighted by Crippen LogP contribution is -2.47. The molecule has 30 heavy (non-hydrogen) atoms. The summed E-state index contributed by atoms with van der Waals surface area (Å²) in [7, 11) is 1.63. The topological polar surface area (TPSA) is 76.4 Å². The maximum absolute atomic E-state index is 13.3. The number of nitrogens with one attached hydrogen (secondary N) is 1. The van der Waals surface area contributed by atoms with Crippen molar-refractivity contribution in [3.05, 3.63) is 53.1 Å². The quantitative estimate of drug-likeness (QED) is 0.783. The van der Waals surface area contributed by atoms with Gasteiger partial charge in [0.05, 0.1) is 6.04 Å². The third-order valence-corrected chi connectivity index (χ3v) is 6.62. The molecule has 1 aromatic rings. The van der Waals surface area contributed by atoms with Gasteiger partial charge in [-0.2, -0.15) is 5.26 Å². The Morgan fingerprint density at radius 3 is 2.83 bits per heavy atom. The van der Waals surface area contributed by atoms with Gasteiger partial charge in [-0.15, -0.1) is 0 Å². The molecule has 1 N–H and O–H groups in total. The molecule has 0 spiro atoms. The Morgan fingerprint density at radius 1 is 1.27 bits per heavy atom. The Morgan fingerprint density at radius 2 is 2.10 bits per heavy atom. The first-order valence-electron chi connectivity index (χ1n) is 10.8. The highest BCUT2D eigenvalue weighted by molar-refractivity contribution is 5.99. The van der Waals surface area contributed by atoms with Crippen molar-refractivity contribution < 1.29 is 9.59 Å². The molecule has 6 heteroatoms. The van der Waals surface area contributed by atoms with Gasteiger partial charge in [0.1, 0.15) is 6.04 Å². The van der Waals surface area contributed by atoms with Gasteiger partial charge < -0.3 is 10.2 Å². The molecule has 2 heterocycles. The molecule has 3 aliphatic rings. The van der Waals surface area contributed by atoms with Crippen molar-refractivity contribution in [1.82, 2.24) is 15.1 Å². The first-order valence-corrected chi connectivity index (χ1v) is 10.8. The zero-order chi connectivity index (χ0) is 21.3. The SMILES string of the molecule is CCc1cccc(C2=CC(C(=O)NC)=CC3C2CCN3C(=O)C2CCCN2C#N)c1. The standard InChI is InChI=1S/C24H28N4O2/c1-3-16-6-4-7-17(12-16)20-13-18(23(29)26-2)14-22-19(20)9-11-28(22)24(30)21-8-5-10-27(21)15-25/h4,6-7,12-14,19,21-22H,3,5,8-11H2,1-2H3,(H,26,29). The summed E-state index contributed by atoms with van der Waals surface area (Å²) in [5.74, 6) is 0.0282. The molecule has 1 aromatic carbocycles. The normalized spacial score (nSPS) is 25.3. The molecule has 2 fully saturated rings. The van der Waals surface area contributed by atoms with Crippen LogP contribution in [-0.2, 0) is 16.0 Å². The summed E-state index contributed by atoms with van der Waals surface area (Å²) in [6.45, 7) is 3.42. The van der Waals surface area contributed by atoms with E-state index in [0.717, 1.165) is 30.4 Å². The van der Waals surface area contributed by atoms with E-state index in [-0.39, 0.29) is 29.8 Å². The van der Waals surface area contributed by atoms with Gasteiger partial charge in [-0.05, 0) is 54.5 Å². The van der Waals surface area contributed by atoms with E-state index in [2.05, 4.69) is 42.7 Å². The van der Waals surface area contributed by atoms with Crippen LogP contribution in [0.1, 0.15) is 37.3 Å². The summed E-state index contributed by atoms with van der Waals surface area (Å²) >= 11 is 0. The zero-order valence-corrected chi connectivity index (χ0v) is 17.6. The van der Waals surface area contributed by atoms with Crippen molar-refractivity contribution in [2.24, 2.45) is 5.92 Å². The van der Waals surface area contributed by atoms with E-state index in [4.69, 9.17) is 0 Å². The lowest BCUT2D eigenvalue weighted by atomic mass is 9.80. The lowest BCUT2D eigenvalue weighted by molar-refractivity contribution is -0.135. The number of carbonyl (C=O) groups excluding carboxylic acids is 2. The Bertz CT molecular complexity index is 958. The zero-order valence-electron chi connectivity index (χ0n) is 17.6. The number of fused-ring (bicyclic) bond motifs is 1. The molecule has 3 atom stereocenters. The van der Waals surface area contributed by atoms with Gasteiger partial charge in [-0.3, -0.25) is 14.5 Å². The van der Waals surface area contributed by atoms with Gasteiger partial charge >= 0.3 is 0 Å². The number of likely N-dealkylation sites (N-methyl/N-ethyl adjacent to an activating group) is 1. The van der Waals surface area contributed by atoms with Crippen molar-refractivity contribution >= 4 is 17.4 Å². The van der Waals surface area contributed by atoms with E-state index < -0.39 is 0 Å². The highest BCUT2D eigenvalue weighted by Crippen LogP contribution is 2.41. The molecule has 2 amide bonds. The fourth-order valence-corrected chi connectivity index (χ4v) is 5.01. The molecule has 1 aliphatic carbocycles. The predicted molar refractivity (Wildman–Crippen MR) is 115 cm³/mol. The van der Waals surface area contributed by atoms with Crippen molar-refractivity contribution in [2.75, 3.05) is 20.1 Å². The molecule has 4 rings (SSSR count). The van der Waals surface area contributed by atoms with Crippen LogP contribution in [0.2, 0.25) is 0 Å². The number of rotatable bonds is 4. The molecule has 2 aliphatic heterocycles. The van der Waals surface area contributed by atoms with Crippen LogP contribution in [-0.4, -0.2) is 53.8 Å². The average molecular weight is 405 g/mol. The van der Waals surface area contributed by atoms with E-state index in [1.165, 1.54) is 5.56 Å². The molecule has 0 radical (unpaired) electrons. The first-order chi connectivity index (χ1) is 14.6. The maximum atomic E-state index is 13.3. The monoisotopic (exact) mass is 404 g/mol. The Hall–Kier alpha value is -3.07. The van der Waals surface area contributed by atoms with E-state index in [1.54, 1.807) is 11.9 Å². The fraction of sp³-hybridized carbons (Fsp3) is 0.458. The average Bonchev–Trinajstić information content (AvgIpc) is 3.44. The third kappa shape index (κ3) is 3.49. The molecule has 2 saturated heterocycles. The summed E-state index contributed by atoms with van der Waals surface area (Å²) in [4.78, 5) is 29.3. The smallest absolute Gasteiger partial charge is 0.250 e. The summed E-state index contributed by atoms with van der Waals surface area (Å²) in [6.07, 6.45) is 9.47. The van der Waals surface area contributed by atoms with E-state index in [1.807, 2.05) is 17.1 Å². The minimum Gasteiger partial charge on any atom is -0.355 e. The second-order valence-electron chi connectivity index (χ2n) is 8.22. The summed E-state index contributed by atoms with van der Waals surface area (Å²) in [5.41, 5.74) is 4.09. The molecule has 3 unspecified atom stereocenters. The van der Waals surface area contributed by atoms with Gasteiger partial charge in [-0.25, -0.2) is 0 Å². The van der Waals surface area contributed by atoms with Gasteiger partial charge in [0.2, 0.25) is 5.91 Å². The fourth-order valence-electron chi connectivity index (χ4n) is 5.01. The van der Waals surface area contributed by atoms with E-state index >= 15 is 0 Å². The lowest BCUT2D eigenvalue weighted by Gasteiger charge is -2.33. The van der Waals surface area contributed by atoms with Crippen LogP contribution in [0, 0.1) is 17.4 Å². The largest absolute Gasteiger partial charge is 0.355 e. The molecule has 0 saturated carbocycles. The highest BCUT2D eigenvalue weighted by atomic mass is 16.2. The van der Waals surface area contributed by atoms with Crippen LogP contribution in [0.25, 0.3) is 5.57 Å². The van der Waals surface area contributed by atoms with Crippen LogP contribution in [0.3, 0.4) is 0 Å². The second kappa shape index (κ2) is 8.35. The minimum atomic E-state index is -0.372. The highest BCUT2D eigenvalue weighted by Gasteiger charge is 2.44. The number of hydrogen-bond donors (Lipinski definition) is 1. The summed E-state index contributed by atoms with van der Waals surface area (Å²) in [6, 6.07) is 7.92. The van der Waals surface area contributed by atoms with Crippen LogP contribution >= 0.6 is 0 Å². The molecule has 0 bridgehead atoms. The number of likely N-dealkylation sites (tertiary alicyclic amines) is 2. The first kappa shape index (κ1) is 20.2. The van der Waals surface area contributed by atoms with E-state index in [0.29, 0.717) is 25.1 Å². The number of nitrogens with zero attached hydrogens (tertiary/aromatic N) is 3. The van der Waals surface area contributed by atoms with Crippen LogP contribution in [0.4, 0.5) is 0 Å². The van der Waals surface area contributed by atoms with Crippen LogP contribution < -0.4 is 5.32 Å². The van der Waals surface area contributed by atoms with Crippen molar-refractivity contribution in [2.45, 2.75) is 44.7 Å². The summed E-state index contributed by atoms with van der Waals surface area (Å²) in [5, 5.41) is 12.1. The molecule has 6 nitrogen and oxygen atoms in total. The van der Waals surface area contributed by atoms with Crippen molar-refractivity contribution in [3.63, 3.8) is 0 Å². The Balaban J connectivity index is 1.69. The number of amides is 2. The Kier molecular flexibility index (Phi) is 5.63. The summed E-state index contributed by atoms with van der Waals surface area (Å²) < 4.78 is 0. The number of benzene rings is 1. The van der Waals surface area contributed by atoms with Gasteiger partial charge in [0.25, 0.3) is 5.91 Å². The molecule has 156 valence electrons. The number of aryl methyl sites for hydroxylation is 1. The molecular formula is C24H28N4O2. The van der Waals surface area contributed by atoms with E-state index in [9.17, 15) is 14.9 Å². The number of hydrogen-bond acceptors (Lipinski definition) is 4. The van der Waals surface area contributed by atoms with Crippen molar-refractivity contribution in [3.8, 4) is 6.19 Å². The predicted octanol–water partition coefficient (Wildman–Crippen LogP) is 2.48. The number of carbonyl (C=O) groups is 2. The third-order valence-electron chi connectivity index (χ3n) is 6.62. The van der Waals surface area contributed by atoms with Gasteiger partial charge in [0, 0.05) is 31.6 Å². The molecular weight excluding hydrogens is 376 g/mol. The maximum Gasteiger partial charge on any atom is 0.250 e. The number of nitriles is 1. The second-order valence-corrected chi connectivity index (χ2v) is 8.22. The van der Waals surface area contributed by atoms with Crippen molar-refractivity contribution in [1.29, 1.82) is 5.26 Å². The van der Waals surface area contributed by atoms with Gasteiger partial charge in [0.15, 0.2) is 6.19 Å². The van der Waals surface area contributed by atoms with Gasteiger partial charge in [-0.1, -0.05) is 31.2 Å². The molecule has 0 aromatic heterocycles. The van der Waals surface area contributed by atoms with Crippen LogP contribution in [0.5, 0.6) is 0 Å². The Labute approximate surface area is 177 Å².